The number of hydrogen-bond donors (Lipinski definition) is 2. The van der Waals surface area contributed by atoms with E-state index >= 15 is 0 Å². The summed E-state index contributed by atoms with van der Waals surface area (Å²) in [6.07, 6.45) is 10.6. The summed E-state index contributed by atoms with van der Waals surface area (Å²) in [5.74, 6) is 3.81. The summed E-state index contributed by atoms with van der Waals surface area (Å²) >= 11 is 0. The summed E-state index contributed by atoms with van der Waals surface area (Å²) in [4.78, 5) is 109. The maximum absolute atomic E-state index is 11.9. The van der Waals surface area contributed by atoms with Crippen molar-refractivity contribution in [1.82, 2.24) is 39.2 Å². The lowest BCUT2D eigenvalue weighted by Gasteiger charge is -2.40. The number of likely N-dealkylation sites (tertiary alicyclic amines) is 7. The van der Waals surface area contributed by atoms with Gasteiger partial charge in [-0.25, -0.2) is 0 Å². The second-order valence-electron chi connectivity index (χ2n) is 36.2. The molecule has 19 nitrogen and oxygen atoms in total. The van der Waals surface area contributed by atoms with E-state index in [1.54, 1.807) is 0 Å². The van der Waals surface area contributed by atoms with Crippen molar-refractivity contribution in [2.24, 2.45) is 66.8 Å². The van der Waals surface area contributed by atoms with Crippen LogP contribution >= 0.6 is 0 Å². The van der Waals surface area contributed by atoms with Gasteiger partial charge in [0.1, 0.15) is 0 Å². The van der Waals surface area contributed by atoms with Crippen molar-refractivity contribution in [1.29, 1.82) is 0 Å². The second kappa shape index (κ2) is 38.0. The molecule has 19 heteroatoms. The molecule has 0 bridgehead atoms. The summed E-state index contributed by atoms with van der Waals surface area (Å²) < 4.78 is 5.17. The van der Waals surface area contributed by atoms with Crippen LogP contribution in [0.25, 0.3) is 0 Å². The fourth-order valence-electron chi connectivity index (χ4n) is 11.4. The molecule has 8 aliphatic rings. The Kier molecular flexibility index (Phi) is 35.3. The van der Waals surface area contributed by atoms with E-state index in [9.17, 15) is 43.5 Å². The van der Waals surface area contributed by atoms with Gasteiger partial charge in [-0.3, -0.25) is 38.4 Å². The summed E-state index contributed by atoms with van der Waals surface area (Å²) in [6, 6.07) is 0. The molecular formula is C76H143N9O10. The molecule has 8 aliphatic heterocycles. The minimum Gasteiger partial charge on any atom is -0.402 e. The van der Waals surface area contributed by atoms with E-state index in [1.165, 1.54) is 44.9 Å². The van der Waals surface area contributed by atoms with E-state index in [1.807, 2.05) is 205 Å². The zero-order valence-electron chi connectivity index (χ0n) is 65.6. The van der Waals surface area contributed by atoms with Crippen molar-refractivity contribution < 1.29 is 48.2 Å². The summed E-state index contributed by atoms with van der Waals surface area (Å²) in [7, 11) is 0. The molecular weight excluding hydrogens is 1200 g/mol. The minimum atomic E-state index is -0.289. The lowest BCUT2D eigenvalue weighted by atomic mass is 9.91. The molecule has 0 aromatic rings. The molecule has 2 unspecified atom stereocenters. The zero-order chi connectivity index (χ0) is 73.6. The lowest BCUT2D eigenvalue weighted by molar-refractivity contribution is -0.145. The highest BCUT2D eigenvalue weighted by atomic mass is 16.5. The van der Waals surface area contributed by atoms with E-state index in [0.29, 0.717) is 73.4 Å². The fourth-order valence-corrected chi connectivity index (χ4v) is 11.4. The monoisotopic (exact) mass is 1340 g/mol. The molecule has 0 saturated carbocycles. The number of aliphatic hydroxyl groups excluding tert-OH is 1. The first-order chi connectivity index (χ1) is 43.1. The third kappa shape index (κ3) is 32.6. The number of ether oxygens (including phenoxy) is 1. The summed E-state index contributed by atoms with van der Waals surface area (Å²) in [5, 5.41) is 9.27. The van der Waals surface area contributed by atoms with Gasteiger partial charge in [-0.1, -0.05) is 187 Å². The number of nitrogens with zero attached hydrogens (tertiary/aromatic N) is 8. The SMILES string of the molecule is C=C(N)C1CCN(C(=O)C(C)(C)C)C1.CC(C)(C)C(=O)N1CCC(O)CC1.CC(C)(C)C(=O)N1CCC1.CC(C)(C)C(=O)N1CCCC1.CC(C)(C)C(=O)N1CCCCC1.CC(C)(C)C(=O)N1CCOCC1.CC1CCN(C(=O)C(C)(C)C)C1.CC1CN(C(=O)C(C)(C)C)C1. The van der Waals surface area contributed by atoms with Crippen LogP contribution in [0.3, 0.4) is 0 Å². The maximum Gasteiger partial charge on any atom is 0.228 e. The molecule has 8 amide bonds. The highest BCUT2D eigenvalue weighted by Crippen LogP contribution is 2.29. The van der Waals surface area contributed by atoms with E-state index in [4.69, 9.17) is 10.5 Å². The molecule has 2 atom stereocenters. The normalized spacial score (nSPS) is 20.6. The number of piperidine rings is 2. The highest BCUT2D eigenvalue weighted by molar-refractivity contribution is 5.85. The van der Waals surface area contributed by atoms with Gasteiger partial charge in [-0.15, -0.1) is 0 Å². The van der Waals surface area contributed by atoms with Gasteiger partial charge in [-0.2, -0.15) is 0 Å². The first kappa shape index (κ1) is 88.2. The van der Waals surface area contributed by atoms with Crippen molar-refractivity contribution in [2.45, 2.75) is 250 Å². The molecule has 0 aliphatic carbocycles. The van der Waals surface area contributed by atoms with Crippen molar-refractivity contribution in [3.05, 3.63) is 12.3 Å². The Morgan fingerprint density at radius 1 is 0.316 bits per heavy atom. The van der Waals surface area contributed by atoms with Gasteiger partial charge >= 0.3 is 0 Å². The number of amides is 8. The Hall–Kier alpha value is -4.78. The summed E-state index contributed by atoms with van der Waals surface area (Å²) in [6.45, 7) is 70.7. The van der Waals surface area contributed by atoms with Crippen LogP contribution in [0.4, 0.5) is 0 Å². The van der Waals surface area contributed by atoms with Crippen molar-refractivity contribution in [2.75, 3.05) is 118 Å². The van der Waals surface area contributed by atoms with Crippen LogP contribution in [-0.4, -0.2) is 216 Å². The number of hydrogen-bond acceptors (Lipinski definition) is 11. The number of aliphatic hydroxyl groups is 1. The van der Waals surface area contributed by atoms with Crippen LogP contribution in [0, 0.1) is 61.1 Å². The average molecular weight is 1340 g/mol. The van der Waals surface area contributed by atoms with Crippen molar-refractivity contribution in [3.8, 4) is 0 Å². The van der Waals surface area contributed by atoms with Crippen LogP contribution in [0.5, 0.6) is 0 Å². The van der Waals surface area contributed by atoms with Gasteiger partial charge < -0.3 is 54.8 Å². The van der Waals surface area contributed by atoms with Gasteiger partial charge in [-0.05, 0) is 76.0 Å². The van der Waals surface area contributed by atoms with E-state index < -0.39 is 0 Å². The van der Waals surface area contributed by atoms with Gasteiger partial charge in [0.05, 0.1) is 19.3 Å². The Morgan fingerprint density at radius 3 is 0.821 bits per heavy atom. The third-order valence-electron chi connectivity index (χ3n) is 17.4. The number of nitrogens with two attached hydrogens (primary N) is 1. The largest absolute Gasteiger partial charge is 0.402 e. The molecule has 8 fully saturated rings. The second-order valence-corrected chi connectivity index (χ2v) is 36.2. The molecule has 95 heavy (non-hydrogen) atoms. The van der Waals surface area contributed by atoms with Crippen LogP contribution in [-0.2, 0) is 43.1 Å². The molecule has 8 rings (SSSR count). The minimum absolute atomic E-state index is 0.180. The Bertz CT molecular complexity index is 2330. The Morgan fingerprint density at radius 2 is 0.558 bits per heavy atom. The standard InChI is InChI=1S/C11H20N2O.C10H19NO2.2C10H19NO.C9H17NO2.2C9H17NO.C8H15NO/c1-8(12)9-5-6-13(7-9)10(14)11(2,3)4;1-10(2,3)9(13)11-6-4-8(12)5-7-11;1-8-5-6-11(7-8)9(12)10(2,3)4;1-10(2,3)9(12)11-7-5-4-6-8-11;1-9(2,3)8(11)10-4-6-12-7-5-10;1-7-5-10(6-7)8(11)9(2,3)4;1-9(2,3)8(11)10-6-4-5-7-10;1-8(2,3)7(10)9-5-4-6-9/h9H,1,5-7,12H2,2-4H3;8,12H,4-7H2,1-3H3;8H,5-7H2,1-4H3;4-8H2,1-3H3;4-7H2,1-3H3;7H,5-6H2,1-4H3;4-7H2,1-3H3;4-6H2,1-3H3. The molecule has 0 radical (unpaired) electrons. The number of carbonyl (C=O) groups is 8. The Labute approximate surface area is 579 Å². The highest BCUT2D eigenvalue weighted by Gasteiger charge is 2.37. The maximum atomic E-state index is 11.9. The van der Waals surface area contributed by atoms with E-state index in [0.717, 1.165) is 111 Å². The predicted octanol–water partition coefficient (Wildman–Crippen LogP) is 11.6. The van der Waals surface area contributed by atoms with E-state index in [-0.39, 0.29) is 73.1 Å². The van der Waals surface area contributed by atoms with Gasteiger partial charge in [0.15, 0.2) is 0 Å². The molecule has 0 aromatic heterocycles. The summed E-state index contributed by atoms with van der Waals surface area (Å²) in [5.41, 5.74) is 4.54. The molecule has 552 valence electrons. The molecule has 3 N–H and O–H groups in total. The third-order valence-corrected chi connectivity index (χ3v) is 17.4. The van der Waals surface area contributed by atoms with Crippen LogP contribution in [0.2, 0.25) is 0 Å². The Balaban J connectivity index is 0.000000544. The number of rotatable bonds is 1. The van der Waals surface area contributed by atoms with Gasteiger partial charge in [0.25, 0.3) is 0 Å². The first-order valence-corrected chi connectivity index (χ1v) is 36.2. The smallest absolute Gasteiger partial charge is 0.228 e. The lowest BCUT2D eigenvalue weighted by Crippen LogP contribution is -2.52. The number of carbonyl (C=O) groups excluding carboxylic acids is 8. The van der Waals surface area contributed by atoms with E-state index in [2.05, 4.69) is 20.4 Å². The van der Waals surface area contributed by atoms with Gasteiger partial charge in [0, 0.05) is 160 Å². The molecule has 8 saturated heterocycles. The molecule has 8 heterocycles. The fraction of sp³-hybridized carbons (Fsp3) is 0.868. The van der Waals surface area contributed by atoms with Crippen LogP contribution in [0.15, 0.2) is 12.3 Å². The quantitative estimate of drug-likeness (QED) is 0.252. The number of morpholine rings is 1. The first-order valence-electron chi connectivity index (χ1n) is 36.2. The molecule has 0 aromatic carbocycles. The predicted molar refractivity (Wildman–Crippen MR) is 386 cm³/mol. The van der Waals surface area contributed by atoms with Crippen molar-refractivity contribution in [3.63, 3.8) is 0 Å². The van der Waals surface area contributed by atoms with Crippen LogP contribution < -0.4 is 5.73 Å². The average Bonchev–Trinajstić information content (AvgIpc) is 1.33. The van der Waals surface area contributed by atoms with Crippen LogP contribution in [0.1, 0.15) is 244 Å². The zero-order valence-corrected chi connectivity index (χ0v) is 65.6. The van der Waals surface area contributed by atoms with Crippen molar-refractivity contribution >= 4 is 47.3 Å². The topological polar surface area (TPSA) is 218 Å². The molecule has 0 spiro atoms. The van der Waals surface area contributed by atoms with Gasteiger partial charge in [0.2, 0.25) is 47.3 Å².